The molecule has 0 N–H and O–H groups in total. The predicted octanol–water partition coefficient (Wildman–Crippen LogP) is 3.83. The van der Waals surface area contributed by atoms with Crippen LogP contribution in [0.4, 0.5) is 0 Å². The van der Waals surface area contributed by atoms with Crippen molar-refractivity contribution < 1.29 is 14.3 Å². The van der Waals surface area contributed by atoms with Gasteiger partial charge >= 0.3 is 0 Å². The SMILES string of the molecule is COc1ccc(OC)c([C@H]2CCN(C(=O)c3cccc4c3ccn4C)C2)c1. The van der Waals surface area contributed by atoms with Gasteiger partial charge in [-0.3, -0.25) is 4.79 Å². The molecule has 27 heavy (non-hydrogen) atoms. The molecule has 0 aliphatic carbocycles. The van der Waals surface area contributed by atoms with Crippen molar-refractivity contribution in [1.29, 1.82) is 0 Å². The molecule has 1 amide bonds. The van der Waals surface area contributed by atoms with Crippen LogP contribution in [0.25, 0.3) is 10.9 Å². The van der Waals surface area contributed by atoms with Gasteiger partial charge in [-0.2, -0.15) is 0 Å². The minimum absolute atomic E-state index is 0.0937. The van der Waals surface area contributed by atoms with E-state index in [0.717, 1.165) is 46.5 Å². The standard InChI is InChI=1S/C22H24N2O3/c1-23-11-10-17-18(5-4-6-20(17)23)22(25)24-12-9-15(14-24)19-13-16(26-2)7-8-21(19)27-3/h4-8,10-11,13,15H,9,12,14H2,1-3H3/t15-/m0/s1. The number of nitrogens with zero attached hydrogens (tertiary/aromatic N) is 2. The molecule has 0 saturated carbocycles. The number of fused-ring (bicyclic) bond motifs is 1. The van der Waals surface area contributed by atoms with Crippen molar-refractivity contribution in [3.63, 3.8) is 0 Å². The molecule has 1 aromatic heterocycles. The average Bonchev–Trinajstić information content (AvgIpc) is 3.34. The van der Waals surface area contributed by atoms with Crippen molar-refractivity contribution in [2.24, 2.45) is 7.05 Å². The van der Waals surface area contributed by atoms with Crippen LogP contribution in [0.15, 0.2) is 48.7 Å². The van der Waals surface area contributed by atoms with E-state index in [9.17, 15) is 4.79 Å². The Morgan fingerprint density at radius 1 is 1.11 bits per heavy atom. The van der Waals surface area contributed by atoms with E-state index in [1.165, 1.54) is 0 Å². The van der Waals surface area contributed by atoms with E-state index in [2.05, 4.69) is 0 Å². The van der Waals surface area contributed by atoms with E-state index in [1.54, 1.807) is 14.2 Å². The number of carbonyl (C=O) groups excluding carboxylic acids is 1. The van der Waals surface area contributed by atoms with Gasteiger partial charge in [0.25, 0.3) is 5.91 Å². The second-order valence-electron chi connectivity index (χ2n) is 7.01. The molecule has 4 rings (SSSR count). The highest BCUT2D eigenvalue weighted by Crippen LogP contribution is 2.36. The summed E-state index contributed by atoms with van der Waals surface area (Å²) in [5.41, 5.74) is 2.95. The first-order valence-electron chi connectivity index (χ1n) is 9.17. The Kier molecular flexibility index (Phi) is 4.52. The van der Waals surface area contributed by atoms with Crippen LogP contribution in [-0.2, 0) is 7.05 Å². The summed E-state index contributed by atoms with van der Waals surface area (Å²) < 4.78 is 12.9. The van der Waals surface area contributed by atoms with Gasteiger partial charge in [0.2, 0.25) is 0 Å². The van der Waals surface area contributed by atoms with Crippen LogP contribution in [0.1, 0.15) is 28.3 Å². The molecule has 0 radical (unpaired) electrons. The van der Waals surface area contributed by atoms with Crippen molar-refractivity contribution in [2.75, 3.05) is 27.3 Å². The van der Waals surface area contributed by atoms with Gasteiger partial charge in [0, 0.05) is 54.3 Å². The van der Waals surface area contributed by atoms with Crippen LogP contribution in [-0.4, -0.2) is 42.7 Å². The second kappa shape index (κ2) is 6.99. The first kappa shape index (κ1) is 17.5. The Morgan fingerprint density at radius 3 is 2.74 bits per heavy atom. The molecule has 2 aromatic carbocycles. The van der Waals surface area contributed by atoms with Crippen molar-refractivity contribution in [2.45, 2.75) is 12.3 Å². The average molecular weight is 364 g/mol. The molecule has 1 saturated heterocycles. The van der Waals surface area contributed by atoms with Gasteiger partial charge in [0.1, 0.15) is 11.5 Å². The Labute approximate surface area is 159 Å². The zero-order chi connectivity index (χ0) is 19.0. The van der Waals surface area contributed by atoms with E-state index in [0.29, 0.717) is 6.54 Å². The lowest BCUT2D eigenvalue weighted by atomic mass is 9.97. The summed E-state index contributed by atoms with van der Waals surface area (Å²) in [6, 6.07) is 13.8. The number of likely N-dealkylation sites (tertiary alicyclic amines) is 1. The smallest absolute Gasteiger partial charge is 0.254 e. The van der Waals surface area contributed by atoms with Crippen LogP contribution < -0.4 is 9.47 Å². The van der Waals surface area contributed by atoms with Gasteiger partial charge in [-0.25, -0.2) is 0 Å². The van der Waals surface area contributed by atoms with Crippen LogP contribution in [0.5, 0.6) is 11.5 Å². The van der Waals surface area contributed by atoms with Crippen LogP contribution in [0.3, 0.4) is 0 Å². The van der Waals surface area contributed by atoms with Crippen molar-refractivity contribution in [1.82, 2.24) is 9.47 Å². The Morgan fingerprint density at radius 2 is 1.96 bits per heavy atom. The fourth-order valence-corrected chi connectivity index (χ4v) is 4.02. The molecule has 1 fully saturated rings. The maximum Gasteiger partial charge on any atom is 0.254 e. The fraction of sp³-hybridized carbons (Fsp3) is 0.318. The lowest BCUT2D eigenvalue weighted by Gasteiger charge is -2.19. The van der Waals surface area contributed by atoms with E-state index < -0.39 is 0 Å². The number of carbonyl (C=O) groups is 1. The predicted molar refractivity (Wildman–Crippen MR) is 106 cm³/mol. The van der Waals surface area contributed by atoms with Gasteiger partial charge in [-0.1, -0.05) is 6.07 Å². The van der Waals surface area contributed by atoms with Gasteiger partial charge < -0.3 is 18.9 Å². The summed E-state index contributed by atoms with van der Waals surface area (Å²) in [5.74, 6) is 2.00. The number of rotatable bonds is 4. The third kappa shape index (κ3) is 3.03. The van der Waals surface area contributed by atoms with Crippen molar-refractivity contribution in [3.8, 4) is 11.5 Å². The molecule has 2 heterocycles. The third-order valence-corrected chi connectivity index (χ3v) is 5.51. The molecule has 0 bridgehead atoms. The third-order valence-electron chi connectivity index (χ3n) is 5.51. The first-order chi connectivity index (χ1) is 13.1. The molecule has 1 aliphatic heterocycles. The van der Waals surface area contributed by atoms with Gasteiger partial charge in [0.15, 0.2) is 0 Å². The lowest BCUT2D eigenvalue weighted by molar-refractivity contribution is 0.0792. The largest absolute Gasteiger partial charge is 0.497 e. The molecule has 3 aromatic rings. The number of methoxy groups -OCH3 is 2. The Balaban J connectivity index is 1.60. The number of ether oxygens (including phenoxy) is 2. The summed E-state index contributed by atoms with van der Waals surface area (Å²) in [6.45, 7) is 1.43. The molecular formula is C22H24N2O3. The Bertz CT molecular complexity index is 992. The van der Waals surface area contributed by atoms with Crippen LogP contribution >= 0.6 is 0 Å². The summed E-state index contributed by atoms with van der Waals surface area (Å²) >= 11 is 0. The highest BCUT2D eigenvalue weighted by molar-refractivity contribution is 6.06. The molecular weight excluding hydrogens is 340 g/mol. The van der Waals surface area contributed by atoms with E-state index in [1.807, 2.05) is 65.2 Å². The fourth-order valence-electron chi connectivity index (χ4n) is 4.02. The first-order valence-corrected chi connectivity index (χ1v) is 9.17. The number of hydrogen-bond acceptors (Lipinski definition) is 3. The van der Waals surface area contributed by atoms with Crippen molar-refractivity contribution in [3.05, 3.63) is 59.8 Å². The van der Waals surface area contributed by atoms with E-state index >= 15 is 0 Å². The minimum Gasteiger partial charge on any atom is -0.497 e. The summed E-state index contributed by atoms with van der Waals surface area (Å²) in [5, 5.41) is 1.01. The molecule has 1 atom stereocenters. The number of aryl methyl sites for hydroxylation is 1. The lowest BCUT2D eigenvalue weighted by Crippen LogP contribution is -2.28. The maximum absolute atomic E-state index is 13.2. The normalized spacial score (nSPS) is 16.7. The van der Waals surface area contributed by atoms with Gasteiger partial charge in [-0.15, -0.1) is 0 Å². The molecule has 140 valence electrons. The maximum atomic E-state index is 13.2. The molecule has 5 nitrogen and oxygen atoms in total. The van der Waals surface area contributed by atoms with Crippen molar-refractivity contribution >= 4 is 16.8 Å². The summed E-state index contributed by atoms with van der Waals surface area (Å²) in [4.78, 5) is 15.1. The molecule has 0 unspecified atom stereocenters. The summed E-state index contributed by atoms with van der Waals surface area (Å²) in [6.07, 6.45) is 2.91. The minimum atomic E-state index is 0.0937. The highest BCUT2D eigenvalue weighted by Gasteiger charge is 2.30. The number of hydrogen-bond donors (Lipinski definition) is 0. The van der Waals surface area contributed by atoms with E-state index in [-0.39, 0.29) is 11.8 Å². The number of benzene rings is 2. The zero-order valence-corrected chi connectivity index (χ0v) is 15.9. The number of aromatic nitrogens is 1. The quantitative estimate of drug-likeness (QED) is 0.707. The topological polar surface area (TPSA) is 43.7 Å². The van der Waals surface area contributed by atoms with E-state index in [4.69, 9.17) is 9.47 Å². The summed E-state index contributed by atoms with van der Waals surface area (Å²) in [7, 11) is 5.34. The highest BCUT2D eigenvalue weighted by atomic mass is 16.5. The molecule has 1 aliphatic rings. The zero-order valence-electron chi connectivity index (χ0n) is 15.9. The second-order valence-corrected chi connectivity index (χ2v) is 7.01. The van der Waals surface area contributed by atoms with Gasteiger partial charge in [-0.05, 0) is 42.8 Å². The molecule has 5 heteroatoms. The monoisotopic (exact) mass is 364 g/mol. The van der Waals surface area contributed by atoms with Gasteiger partial charge in [0.05, 0.1) is 14.2 Å². The van der Waals surface area contributed by atoms with Crippen LogP contribution in [0, 0.1) is 0 Å². The van der Waals surface area contributed by atoms with Crippen LogP contribution in [0.2, 0.25) is 0 Å². The molecule has 0 spiro atoms. The number of amides is 1. The Hall–Kier alpha value is -2.95.